The van der Waals surface area contributed by atoms with Gasteiger partial charge in [-0.25, -0.2) is 9.78 Å². The van der Waals surface area contributed by atoms with Gasteiger partial charge in [0.15, 0.2) is 17.0 Å². The molecule has 3 aromatic rings. The molecule has 2 fully saturated rings. The Bertz CT molecular complexity index is 1150. The smallest absolute Gasteiger partial charge is 0.340 e. The maximum Gasteiger partial charge on any atom is 0.340 e. The van der Waals surface area contributed by atoms with E-state index < -0.39 is 0 Å². The zero-order valence-corrected chi connectivity index (χ0v) is 20.2. The molecule has 10 heteroatoms. The van der Waals surface area contributed by atoms with Crippen LogP contribution in [-0.4, -0.2) is 55.7 Å². The number of nitrogens with one attached hydrogen (secondary N) is 2. The number of nitrogens with two attached hydrogens (primary N) is 1. The van der Waals surface area contributed by atoms with Crippen LogP contribution >= 0.6 is 11.8 Å². The van der Waals surface area contributed by atoms with E-state index in [1.165, 1.54) is 0 Å². The second-order valence-corrected chi connectivity index (χ2v) is 10.0. The van der Waals surface area contributed by atoms with E-state index in [4.69, 9.17) is 20.4 Å². The third-order valence-corrected chi connectivity index (χ3v) is 7.65. The second-order valence-electron chi connectivity index (χ2n) is 8.88. The minimum atomic E-state index is -0.374. The number of imidazole rings is 1. The van der Waals surface area contributed by atoms with Gasteiger partial charge in [0.05, 0.1) is 24.2 Å². The molecule has 1 saturated carbocycles. The molecule has 1 aliphatic carbocycles. The van der Waals surface area contributed by atoms with Gasteiger partial charge in [0, 0.05) is 23.9 Å². The number of carbonyl (C=O) groups is 1. The summed E-state index contributed by atoms with van der Waals surface area (Å²) in [5.41, 5.74) is 8.66. The molecule has 0 radical (unpaired) electrons. The van der Waals surface area contributed by atoms with E-state index in [9.17, 15) is 4.79 Å². The van der Waals surface area contributed by atoms with Gasteiger partial charge in [-0.15, -0.1) is 0 Å². The first-order valence-corrected chi connectivity index (χ1v) is 13.2. The van der Waals surface area contributed by atoms with Crippen molar-refractivity contribution in [1.82, 2.24) is 19.5 Å². The van der Waals surface area contributed by atoms with Crippen LogP contribution in [0.3, 0.4) is 0 Å². The van der Waals surface area contributed by atoms with Gasteiger partial charge in [-0.1, -0.05) is 12.1 Å². The lowest BCUT2D eigenvalue weighted by Crippen LogP contribution is -2.33. The van der Waals surface area contributed by atoms with Crippen LogP contribution in [0.2, 0.25) is 0 Å². The Kier molecular flexibility index (Phi) is 6.87. The molecule has 1 unspecified atom stereocenters. The van der Waals surface area contributed by atoms with Crippen LogP contribution in [0, 0.1) is 0 Å². The van der Waals surface area contributed by atoms with Crippen molar-refractivity contribution in [2.45, 2.75) is 57.2 Å². The molecule has 1 aliphatic heterocycles. The van der Waals surface area contributed by atoms with E-state index in [0.29, 0.717) is 41.2 Å². The van der Waals surface area contributed by atoms with Crippen LogP contribution in [0.5, 0.6) is 0 Å². The van der Waals surface area contributed by atoms with Crippen molar-refractivity contribution in [2.75, 3.05) is 28.7 Å². The zero-order chi connectivity index (χ0) is 23.5. The van der Waals surface area contributed by atoms with Crippen molar-refractivity contribution >= 4 is 46.3 Å². The molecule has 0 spiro atoms. The summed E-state index contributed by atoms with van der Waals surface area (Å²) in [6.45, 7) is 2.11. The van der Waals surface area contributed by atoms with Crippen LogP contribution in [0.15, 0.2) is 30.6 Å². The fourth-order valence-corrected chi connectivity index (χ4v) is 5.83. The summed E-state index contributed by atoms with van der Waals surface area (Å²) in [5.74, 6) is 2.95. The van der Waals surface area contributed by atoms with E-state index >= 15 is 0 Å². The third kappa shape index (κ3) is 4.83. The summed E-state index contributed by atoms with van der Waals surface area (Å²) >= 11 is 1.95. The van der Waals surface area contributed by atoms with E-state index in [2.05, 4.69) is 20.2 Å². The van der Waals surface area contributed by atoms with E-state index in [1.807, 2.05) is 36.3 Å². The van der Waals surface area contributed by atoms with Crippen molar-refractivity contribution in [3.63, 3.8) is 0 Å². The van der Waals surface area contributed by atoms with E-state index in [0.717, 1.165) is 49.3 Å². The largest absolute Gasteiger partial charge is 0.462 e. The van der Waals surface area contributed by atoms with Gasteiger partial charge in [0.1, 0.15) is 0 Å². The molecule has 180 valence electrons. The van der Waals surface area contributed by atoms with E-state index in [-0.39, 0.29) is 18.1 Å². The summed E-state index contributed by atoms with van der Waals surface area (Å²) in [6, 6.07) is 8.22. The quantitative estimate of drug-likeness (QED) is 0.428. The molecule has 0 amide bonds. The zero-order valence-electron chi connectivity index (χ0n) is 19.4. The summed E-state index contributed by atoms with van der Waals surface area (Å²) in [6.07, 6.45) is 6.94. The molecule has 1 aromatic carbocycles. The van der Waals surface area contributed by atoms with Gasteiger partial charge in [-0.2, -0.15) is 21.7 Å². The Hall–Kier alpha value is -2.85. The highest BCUT2D eigenvalue weighted by molar-refractivity contribution is 7.99. The molecule has 2 aliphatic rings. The Morgan fingerprint density at radius 2 is 2.03 bits per heavy atom. The average molecular weight is 482 g/mol. The van der Waals surface area contributed by atoms with Gasteiger partial charge in [0.25, 0.3) is 0 Å². The lowest BCUT2D eigenvalue weighted by Gasteiger charge is -2.27. The molecular weight excluding hydrogens is 450 g/mol. The fraction of sp³-hybridized carbons (Fsp3) is 0.500. The van der Waals surface area contributed by atoms with Crippen LogP contribution in [0.4, 0.5) is 17.5 Å². The van der Waals surface area contributed by atoms with Gasteiger partial charge >= 0.3 is 5.97 Å². The molecule has 1 saturated heterocycles. The molecular formula is C24H31N7O2S. The molecule has 9 nitrogen and oxygen atoms in total. The number of carbonyl (C=O) groups excluding carboxylic acids is 1. The molecule has 3 heterocycles. The Labute approximate surface area is 203 Å². The van der Waals surface area contributed by atoms with Crippen molar-refractivity contribution < 1.29 is 9.53 Å². The highest BCUT2D eigenvalue weighted by Gasteiger charge is 2.24. The average Bonchev–Trinajstić information content (AvgIpc) is 3.51. The number of nitrogens with zero attached hydrogens (tertiary/aromatic N) is 4. The van der Waals surface area contributed by atoms with Crippen LogP contribution in [0.25, 0.3) is 11.2 Å². The number of aromatic nitrogens is 4. The topological polar surface area (TPSA) is 120 Å². The number of para-hydroxylation sites is 1. The monoisotopic (exact) mass is 481 g/mol. The van der Waals surface area contributed by atoms with Gasteiger partial charge in [-0.3, -0.25) is 0 Å². The third-order valence-electron chi connectivity index (χ3n) is 6.50. The number of hydrogen-bond acceptors (Lipinski definition) is 9. The summed E-state index contributed by atoms with van der Waals surface area (Å²) in [5, 5.41) is 6.88. The van der Waals surface area contributed by atoms with Crippen LogP contribution < -0.4 is 16.4 Å². The summed E-state index contributed by atoms with van der Waals surface area (Å²) in [4.78, 5) is 26.9. The standard InChI is InChI=1S/C24H31N7O2S/c1-2-33-23(32)18-5-3-4-6-19(18)28-21-20-22(31(14-26-20)17-11-12-34-13-17)30-24(29-21)27-16-9-7-15(25)8-10-16/h3-6,14-17H,2,7-13,25H2,1H3,(H2,27,28,29,30). The second kappa shape index (κ2) is 10.2. The van der Waals surface area contributed by atoms with Gasteiger partial charge in [-0.05, 0) is 56.9 Å². The SMILES string of the molecule is CCOC(=O)c1ccccc1Nc1nc(NC2CCC(N)CC2)nc2c1ncn2C1CCSC1. The minimum absolute atomic E-state index is 0.277. The minimum Gasteiger partial charge on any atom is -0.462 e. The number of rotatable bonds is 7. The number of fused-ring (bicyclic) bond motifs is 1. The number of benzene rings is 1. The highest BCUT2D eigenvalue weighted by Crippen LogP contribution is 2.33. The van der Waals surface area contributed by atoms with Gasteiger partial charge < -0.3 is 25.7 Å². The maximum atomic E-state index is 12.5. The summed E-state index contributed by atoms with van der Waals surface area (Å²) < 4.78 is 7.41. The lowest BCUT2D eigenvalue weighted by molar-refractivity contribution is 0.0527. The molecule has 1 atom stereocenters. The van der Waals surface area contributed by atoms with Crippen molar-refractivity contribution in [2.24, 2.45) is 5.73 Å². The van der Waals surface area contributed by atoms with Crippen molar-refractivity contribution in [3.05, 3.63) is 36.2 Å². The molecule has 0 bridgehead atoms. The lowest BCUT2D eigenvalue weighted by atomic mass is 9.92. The van der Waals surface area contributed by atoms with E-state index in [1.54, 1.807) is 13.0 Å². The summed E-state index contributed by atoms with van der Waals surface area (Å²) in [7, 11) is 0. The maximum absolute atomic E-state index is 12.5. The van der Waals surface area contributed by atoms with Crippen LogP contribution in [0.1, 0.15) is 55.4 Å². The molecule has 5 rings (SSSR count). The Balaban J connectivity index is 1.52. The predicted molar refractivity (Wildman–Crippen MR) is 136 cm³/mol. The Morgan fingerprint density at radius 1 is 1.21 bits per heavy atom. The number of thioether (sulfide) groups is 1. The Morgan fingerprint density at radius 3 is 2.79 bits per heavy atom. The number of esters is 1. The highest BCUT2D eigenvalue weighted by atomic mass is 32.2. The van der Waals surface area contributed by atoms with Crippen molar-refractivity contribution in [1.29, 1.82) is 0 Å². The van der Waals surface area contributed by atoms with Crippen LogP contribution in [-0.2, 0) is 4.74 Å². The molecule has 4 N–H and O–H groups in total. The molecule has 2 aromatic heterocycles. The first kappa shape index (κ1) is 22.9. The predicted octanol–water partition coefficient (Wildman–Crippen LogP) is 4.11. The number of hydrogen-bond donors (Lipinski definition) is 3. The number of ether oxygens (including phenoxy) is 1. The normalized spacial score (nSPS) is 22.6. The van der Waals surface area contributed by atoms with Gasteiger partial charge in [0.2, 0.25) is 5.95 Å². The first-order chi connectivity index (χ1) is 16.6. The molecule has 34 heavy (non-hydrogen) atoms. The first-order valence-electron chi connectivity index (χ1n) is 12.0. The fourth-order valence-electron chi connectivity index (χ4n) is 4.63. The van der Waals surface area contributed by atoms with Crippen molar-refractivity contribution in [3.8, 4) is 0 Å². The number of anilines is 3.